The molecule has 0 bridgehead atoms. The highest BCUT2D eigenvalue weighted by Crippen LogP contribution is 2.27. The number of nitrogens with zero attached hydrogens (tertiary/aromatic N) is 2. The molecule has 0 spiro atoms. The summed E-state index contributed by atoms with van der Waals surface area (Å²) in [6.45, 7) is 3.75. The summed E-state index contributed by atoms with van der Waals surface area (Å²) in [6.07, 6.45) is 1.03. The number of halogens is 1. The Morgan fingerprint density at radius 3 is 2.91 bits per heavy atom. The Kier molecular flexibility index (Phi) is 5.59. The molecule has 1 amide bonds. The number of rotatable bonds is 6. The van der Waals surface area contributed by atoms with E-state index in [0.717, 1.165) is 17.5 Å². The van der Waals surface area contributed by atoms with Gasteiger partial charge >= 0.3 is 0 Å². The normalized spacial score (nSPS) is 10.8. The minimum absolute atomic E-state index is 0.172. The Morgan fingerprint density at radius 1 is 1.48 bits per heavy atom. The van der Waals surface area contributed by atoms with E-state index in [2.05, 4.69) is 15.6 Å². The van der Waals surface area contributed by atoms with Crippen LogP contribution in [0.5, 0.6) is 5.75 Å². The quantitative estimate of drug-likeness (QED) is 0.646. The predicted molar refractivity (Wildman–Crippen MR) is 85.9 cm³/mol. The van der Waals surface area contributed by atoms with E-state index in [1.165, 1.54) is 7.11 Å². The molecule has 1 heterocycles. The highest BCUT2D eigenvalue weighted by molar-refractivity contribution is 6.33. The van der Waals surface area contributed by atoms with Gasteiger partial charge in [-0.15, -0.1) is 0 Å². The molecule has 0 aliphatic heterocycles. The van der Waals surface area contributed by atoms with Gasteiger partial charge in [0.2, 0.25) is 0 Å². The van der Waals surface area contributed by atoms with Gasteiger partial charge in [0, 0.05) is 5.02 Å². The molecule has 2 rings (SSSR count). The van der Waals surface area contributed by atoms with Crippen LogP contribution in [0.25, 0.3) is 0 Å². The summed E-state index contributed by atoms with van der Waals surface area (Å²) in [7, 11) is 1.50. The number of hydrogen-bond acceptors (Lipinski definition) is 6. The molecule has 0 saturated heterocycles. The van der Waals surface area contributed by atoms with Crippen molar-refractivity contribution >= 4 is 29.4 Å². The number of carbonyl (C=O) groups is 1. The van der Waals surface area contributed by atoms with E-state index in [1.54, 1.807) is 32.0 Å². The molecule has 0 atom stereocenters. The molecule has 0 aliphatic carbocycles. The topological polar surface area (TPSA) is 86.0 Å². The molecule has 0 radical (unpaired) electrons. The maximum atomic E-state index is 11.8. The van der Waals surface area contributed by atoms with Gasteiger partial charge in [0.05, 0.1) is 24.1 Å². The third-order valence-corrected chi connectivity index (χ3v) is 3.29. The Labute approximate surface area is 138 Å². The van der Waals surface area contributed by atoms with E-state index in [9.17, 15) is 4.79 Å². The number of ether oxygens (including phenoxy) is 1. The van der Waals surface area contributed by atoms with Gasteiger partial charge in [0.25, 0.3) is 5.91 Å². The molecular formula is C15H16ClN3O4. The van der Waals surface area contributed by atoms with E-state index >= 15 is 0 Å². The van der Waals surface area contributed by atoms with Crippen LogP contribution in [0.2, 0.25) is 5.02 Å². The van der Waals surface area contributed by atoms with E-state index < -0.39 is 5.91 Å². The largest absolute Gasteiger partial charge is 0.495 e. The Bertz CT molecular complexity index is 708. The molecule has 1 aromatic heterocycles. The number of hydrogen-bond donors (Lipinski definition) is 1. The maximum absolute atomic E-state index is 11.8. The van der Waals surface area contributed by atoms with Crippen LogP contribution in [-0.4, -0.2) is 24.4 Å². The van der Waals surface area contributed by atoms with Crippen LogP contribution in [0, 0.1) is 13.8 Å². The Balaban J connectivity index is 1.91. The summed E-state index contributed by atoms with van der Waals surface area (Å²) >= 11 is 5.89. The first-order valence-electron chi connectivity index (χ1n) is 6.73. The lowest BCUT2D eigenvalue weighted by atomic mass is 10.2. The summed E-state index contributed by atoms with van der Waals surface area (Å²) in [6, 6.07) is 4.90. The van der Waals surface area contributed by atoms with Crippen molar-refractivity contribution in [1.82, 2.24) is 5.16 Å². The van der Waals surface area contributed by atoms with E-state index in [1.807, 2.05) is 0 Å². The molecular weight excluding hydrogens is 322 g/mol. The molecule has 0 fully saturated rings. The SMILES string of the molecule is COc1ccc(Cl)cc1NC(=O)/C=N/OCc1c(C)noc1C. The molecule has 8 heteroatoms. The van der Waals surface area contributed by atoms with Crippen molar-refractivity contribution in [2.75, 3.05) is 12.4 Å². The minimum atomic E-state index is -0.468. The van der Waals surface area contributed by atoms with E-state index in [0.29, 0.717) is 22.2 Å². The van der Waals surface area contributed by atoms with Crippen LogP contribution >= 0.6 is 11.6 Å². The lowest BCUT2D eigenvalue weighted by Crippen LogP contribution is -2.13. The number of aromatic nitrogens is 1. The number of nitrogens with one attached hydrogen (secondary N) is 1. The summed E-state index contributed by atoms with van der Waals surface area (Å²) in [5.41, 5.74) is 1.98. The zero-order valence-electron chi connectivity index (χ0n) is 12.9. The van der Waals surface area contributed by atoms with Gasteiger partial charge in [-0.1, -0.05) is 21.9 Å². The van der Waals surface area contributed by atoms with Crippen molar-refractivity contribution < 1.29 is 18.9 Å². The average molecular weight is 338 g/mol. The van der Waals surface area contributed by atoms with E-state index in [4.69, 9.17) is 25.7 Å². The van der Waals surface area contributed by atoms with Crippen molar-refractivity contribution in [2.24, 2.45) is 5.16 Å². The number of benzene rings is 1. The van der Waals surface area contributed by atoms with Gasteiger partial charge in [0.1, 0.15) is 24.3 Å². The van der Waals surface area contributed by atoms with Crippen molar-refractivity contribution in [3.63, 3.8) is 0 Å². The lowest BCUT2D eigenvalue weighted by molar-refractivity contribution is -0.110. The second-order valence-corrected chi connectivity index (χ2v) is 5.08. The predicted octanol–water partition coefficient (Wildman–Crippen LogP) is 3.09. The summed E-state index contributed by atoms with van der Waals surface area (Å²) in [4.78, 5) is 16.9. The van der Waals surface area contributed by atoms with Crippen molar-refractivity contribution in [1.29, 1.82) is 0 Å². The summed E-state index contributed by atoms with van der Waals surface area (Å²) in [5.74, 6) is 0.683. The molecule has 7 nitrogen and oxygen atoms in total. The first-order valence-corrected chi connectivity index (χ1v) is 7.10. The van der Waals surface area contributed by atoms with Gasteiger partial charge in [-0.25, -0.2) is 0 Å². The zero-order valence-corrected chi connectivity index (χ0v) is 13.7. The number of oxime groups is 1. The lowest BCUT2D eigenvalue weighted by Gasteiger charge is -2.08. The number of amides is 1. The zero-order chi connectivity index (χ0) is 16.8. The summed E-state index contributed by atoms with van der Waals surface area (Å²) < 4.78 is 10.1. The first kappa shape index (κ1) is 16.8. The highest BCUT2D eigenvalue weighted by Gasteiger charge is 2.09. The molecule has 23 heavy (non-hydrogen) atoms. The third kappa shape index (κ3) is 4.46. The highest BCUT2D eigenvalue weighted by atomic mass is 35.5. The van der Waals surface area contributed by atoms with Gasteiger partial charge in [-0.05, 0) is 32.0 Å². The maximum Gasteiger partial charge on any atom is 0.270 e. The monoisotopic (exact) mass is 337 g/mol. The van der Waals surface area contributed by atoms with Crippen LogP contribution in [0.15, 0.2) is 27.9 Å². The molecule has 1 N–H and O–H groups in total. The molecule has 122 valence electrons. The first-order chi connectivity index (χ1) is 11.0. The fourth-order valence-electron chi connectivity index (χ4n) is 1.84. The van der Waals surface area contributed by atoms with Crippen molar-refractivity contribution in [2.45, 2.75) is 20.5 Å². The van der Waals surface area contributed by atoms with Gasteiger partial charge in [0.15, 0.2) is 0 Å². The van der Waals surface area contributed by atoms with Crippen LogP contribution in [0.1, 0.15) is 17.0 Å². The standard InChI is InChI=1S/C15H16ClN3O4/c1-9-12(10(2)23-19-9)8-22-17-7-15(20)18-13-6-11(16)4-5-14(13)21-3/h4-7H,8H2,1-3H3,(H,18,20)/b17-7+. The minimum Gasteiger partial charge on any atom is -0.495 e. The van der Waals surface area contributed by atoms with Crippen LogP contribution in [-0.2, 0) is 16.2 Å². The van der Waals surface area contributed by atoms with Crippen LogP contribution < -0.4 is 10.1 Å². The molecule has 0 aliphatic rings. The second-order valence-electron chi connectivity index (χ2n) is 4.64. The Hall–Kier alpha value is -2.54. The summed E-state index contributed by atoms with van der Waals surface area (Å²) in [5, 5.41) is 10.5. The molecule has 0 unspecified atom stereocenters. The third-order valence-electron chi connectivity index (χ3n) is 3.05. The van der Waals surface area contributed by atoms with Gasteiger partial charge in [-0.3, -0.25) is 4.79 Å². The second kappa shape index (κ2) is 7.64. The molecule has 0 saturated carbocycles. The van der Waals surface area contributed by atoms with Crippen LogP contribution in [0.4, 0.5) is 5.69 Å². The van der Waals surface area contributed by atoms with Crippen LogP contribution in [0.3, 0.4) is 0 Å². The molecule has 1 aromatic carbocycles. The average Bonchev–Trinajstić information content (AvgIpc) is 2.83. The number of carbonyl (C=O) groups excluding carboxylic acids is 1. The van der Waals surface area contributed by atoms with Gasteiger partial charge < -0.3 is 19.4 Å². The fraction of sp³-hybridized carbons (Fsp3) is 0.267. The Morgan fingerprint density at radius 2 is 2.26 bits per heavy atom. The fourth-order valence-corrected chi connectivity index (χ4v) is 2.01. The molecule has 2 aromatic rings. The van der Waals surface area contributed by atoms with Gasteiger partial charge in [-0.2, -0.15) is 0 Å². The van der Waals surface area contributed by atoms with E-state index in [-0.39, 0.29) is 6.61 Å². The van der Waals surface area contributed by atoms with Crippen molar-refractivity contribution in [3.8, 4) is 5.75 Å². The smallest absolute Gasteiger partial charge is 0.270 e. The number of methoxy groups -OCH3 is 1. The van der Waals surface area contributed by atoms with Crippen molar-refractivity contribution in [3.05, 3.63) is 40.2 Å². The number of aryl methyl sites for hydroxylation is 2. The number of anilines is 1.